The Morgan fingerprint density at radius 1 is 1.25 bits per heavy atom. The Hall–Kier alpha value is -1.61. The van der Waals surface area contributed by atoms with E-state index in [-0.39, 0.29) is 0 Å². The molecule has 1 saturated carbocycles. The lowest BCUT2D eigenvalue weighted by Gasteiger charge is -2.41. The molecule has 0 atom stereocenters. The lowest BCUT2D eigenvalue weighted by molar-refractivity contribution is 0.124. The van der Waals surface area contributed by atoms with Crippen molar-refractivity contribution in [3.8, 4) is 5.69 Å². The molecule has 0 saturated heterocycles. The smallest absolute Gasteiger partial charge is 0.0991 e. The number of nitrogens with zero attached hydrogens (tertiary/aromatic N) is 2. The lowest BCUT2D eigenvalue weighted by Crippen LogP contribution is -2.39. The van der Waals surface area contributed by atoms with Crippen molar-refractivity contribution < 1.29 is 0 Å². The first-order valence-corrected chi connectivity index (χ1v) is 7.59. The third kappa shape index (κ3) is 2.78. The molecule has 1 fully saturated rings. The molecule has 3 rings (SSSR count). The fraction of sp³-hybridized carbons (Fsp3) is 0.471. The van der Waals surface area contributed by atoms with E-state index < -0.39 is 0 Å². The maximum Gasteiger partial charge on any atom is 0.0991 e. The molecule has 1 aliphatic rings. The molecule has 106 valence electrons. The van der Waals surface area contributed by atoms with Crippen molar-refractivity contribution in [1.29, 1.82) is 0 Å². The third-order valence-corrected chi connectivity index (χ3v) is 4.73. The van der Waals surface area contributed by atoms with Crippen molar-refractivity contribution in [2.75, 3.05) is 6.54 Å². The van der Waals surface area contributed by atoms with Crippen LogP contribution in [0.25, 0.3) is 5.69 Å². The van der Waals surface area contributed by atoms with E-state index in [2.05, 4.69) is 41.5 Å². The molecule has 3 heteroatoms. The summed E-state index contributed by atoms with van der Waals surface area (Å²) in [5.74, 6) is 0. The zero-order valence-corrected chi connectivity index (χ0v) is 12.2. The van der Waals surface area contributed by atoms with Gasteiger partial charge >= 0.3 is 0 Å². The number of hydrogen-bond donors (Lipinski definition) is 1. The normalized spacial score (nSPS) is 16.9. The van der Waals surface area contributed by atoms with Crippen LogP contribution in [-0.2, 0) is 6.54 Å². The van der Waals surface area contributed by atoms with Gasteiger partial charge in [0.2, 0.25) is 0 Å². The Kier molecular flexibility index (Phi) is 3.88. The Morgan fingerprint density at radius 2 is 2.05 bits per heavy atom. The van der Waals surface area contributed by atoms with Gasteiger partial charge in [-0.1, -0.05) is 25.5 Å². The van der Waals surface area contributed by atoms with Gasteiger partial charge in [0, 0.05) is 31.2 Å². The molecule has 0 unspecified atom stereocenters. The molecule has 0 bridgehead atoms. The summed E-state index contributed by atoms with van der Waals surface area (Å²) >= 11 is 0. The van der Waals surface area contributed by atoms with Gasteiger partial charge < -0.3 is 9.88 Å². The molecule has 1 N–H and O–H groups in total. The maximum atomic E-state index is 4.07. The van der Waals surface area contributed by atoms with Crippen LogP contribution in [0.1, 0.15) is 38.2 Å². The number of nitrogens with one attached hydrogen (secondary N) is 1. The summed E-state index contributed by atoms with van der Waals surface area (Å²) in [6, 6.07) is 8.69. The molecule has 1 aromatic carbocycles. The van der Waals surface area contributed by atoms with Gasteiger partial charge in [0.25, 0.3) is 0 Å². The Labute approximate surface area is 121 Å². The molecule has 3 nitrogen and oxygen atoms in total. The molecule has 0 amide bonds. The molecule has 0 spiro atoms. The van der Waals surface area contributed by atoms with Gasteiger partial charge in [-0.25, -0.2) is 4.98 Å². The van der Waals surface area contributed by atoms with Gasteiger partial charge in [0.15, 0.2) is 0 Å². The van der Waals surface area contributed by atoms with Gasteiger partial charge in [0.05, 0.1) is 6.33 Å². The molecular formula is C17H23N3. The van der Waals surface area contributed by atoms with E-state index in [1.807, 2.05) is 17.1 Å². The largest absolute Gasteiger partial charge is 0.312 e. The molecule has 0 radical (unpaired) electrons. The van der Waals surface area contributed by atoms with Crippen molar-refractivity contribution in [2.24, 2.45) is 5.41 Å². The highest BCUT2D eigenvalue weighted by molar-refractivity contribution is 5.34. The molecule has 1 heterocycles. The van der Waals surface area contributed by atoms with Gasteiger partial charge in [-0.2, -0.15) is 0 Å². The quantitative estimate of drug-likeness (QED) is 0.869. The van der Waals surface area contributed by atoms with Gasteiger partial charge in [-0.3, -0.25) is 0 Å². The minimum Gasteiger partial charge on any atom is -0.312 e. The van der Waals surface area contributed by atoms with Crippen LogP contribution >= 0.6 is 0 Å². The van der Waals surface area contributed by atoms with E-state index in [0.29, 0.717) is 5.41 Å². The fourth-order valence-electron chi connectivity index (χ4n) is 3.00. The summed E-state index contributed by atoms with van der Waals surface area (Å²) in [7, 11) is 0. The molecule has 1 aliphatic carbocycles. The van der Waals surface area contributed by atoms with Crippen molar-refractivity contribution in [3.63, 3.8) is 0 Å². The van der Waals surface area contributed by atoms with E-state index >= 15 is 0 Å². The number of rotatable bonds is 6. The Balaban J connectivity index is 1.53. The fourth-order valence-corrected chi connectivity index (χ4v) is 3.00. The first-order valence-electron chi connectivity index (χ1n) is 7.59. The minimum absolute atomic E-state index is 0.594. The minimum atomic E-state index is 0.594. The summed E-state index contributed by atoms with van der Waals surface area (Å²) in [6.07, 6.45) is 11.1. The van der Waals surface area contributed by atoms with E-state index in [9.17, 15) is 0 Å². The summed E-state index contributed by atoms with van der Waals surface area (Å²) in [5, 5.41) is 3.63. The molecule has 20 heavy (non-hydrogen) atoms. The number of imidazole rings is 1. The average Bonchev–Trinajstić information content (AvgIpc) is 2.97. The van der Waals surface area contributed by atoms with Crippen molar-refractivity contribution in [1.82, 2.24) is 14.9 Å². The molecule has 1 aromatic heterocycles. The molecular weight excluding hydrogens is 246 g/mol. The third-order valence-electron chi connectivity index (χ3n) is 4.73. The topological polar surface area (TPSA) is 29.9 Å². The predicted octanol–water partition coefficient (Wildman–Crippen LogP) is 3.54. The van der Waals surface area contributed by atoms with Crippen LogP contribution in [0.2, 0.25) is 0 Å². The van der Waals surface area contributed by atoms with E-state index in [1.54, 1.807) is 6.20 Å². The zero-order valence-electron chi connectivity index (χ0n) is 12.2. The summed E-state index contributed by atoms with van der Waals surface area (Å²) in [4.78, 5) is 4.07. The van der Waals surface area contributed by atoms with Crippen LogP contribution in [-0.4, -0.2) is 16.1 Å². The predicted molar refractivity (Wildman–Crippen MR) is 81.8 cm³/mol. The van der Waals surface area contributed by atoms with Crippen LogP contribution in [0.4, 0.5) is 0 Å². The first kappa shape index (κ1) is 13.4. The van der Waals surface area contributed by atoms with Crippen molar-refractivity contribution in [2.45, 2.75) is 39.2 Å². The van der Waals surface area contributed by atoms with E-state index in [4.69, 9.17) is 0 Å². The SMILES string of the molecule is CCC1(CNCc2ccc(-n3ccnc3)cc2)CCC1. The Bertz CT molecular complexity index is 518. The van der Waals surface area contributed by atoms with Crippen molar-refractivity contribution >= 4 is 0 Å². The second kappa shape index (κ2) is 5.80. The Morgan fingerprint density at radius 3 is 2.60 bits per heavy atom. The number of hydrogen-bond acceptors (Lipinski definition) is 2. The zero-order chi connectivity index (χ0) is 13.8. The van der Waals surface area contributed by atoms with Crippen molar-refractivity contribution in [3.05, 3.63) is 48.5 Å². The standard InChI is InChI=1S/C17H23N3/c1-2-17(8-3-9-17)13-19-12-15-4-6-16(7-5-15)20-11-10-18-14-20/h4-7,10-11,14,19H,2-3,8-9,12-13H2,1H3. The number of aromatic nitrogens is 2. The molecule has 2 aromatic rings. The first-order chi connectivity index (χ1) is 9.81. The second-order valence-corrected chi connectivity index (χ2v) is 5.95. The molecule has 0 aliphatic heterocycles. The highest BCUT2D eigenvalue weighted by atomic mass is 15.0. The highest BCUT2D eigenvalue weighted by Crippen LogP contribution is 2.43. The summed E-state index contributed by atoms with van der Waals surface area (Å²) in [6.45, 7) is 4.44. The maximum absolute atomic E-state index is 4.07. The van der Waals surface area contributed by atoms with Crippen LogP contribution in [0.3, 0.4) is 0 Å². The highest BCUT2D eigenvalue weighted by Gasteiger charge is 2.34. The summed E-state index contributed by atoms with van der Waals surface area (Å²) in [5.41, 5.74) is 3.10. The number of benzene rings is 1. The van der Waals surface area contributed by atoms with Crippen LogP contribution < -0.4 is 5.32 Å². The van der Waals surface area contributed by atoms with E-state index in [0.717, 1.165) is 18.8 Å². The average molecular weight is 269 g/mol. The second-order valence-electron chi connectivity index (χ2n) is 5.95. The van der Waals surface area contributed by atoms with E-state index in [1.165, 1.54) is 31.2 Å². The summed E-state index contributed by atoms with van der Waals surface area (Å²) < 4.78 is 2.03. The van der Waals surface area contributed by atoms with Crippen LogP contribution in [0, 0.1) is 5.41 Å². The van der Waals surface area contributed by atoms with Gasteiger partial charge in [0.1, 0.15) is 0 Å². The van der Waals surface area contributed by atoms with Gasteiger partial charge in [-0.05, 0) is 42.4 Å². The van der Waals surface area contributed by atoms with Crippen LogP contribution in [0.15, 0.2) is 43.0 Å². The lowest BCUT2D eigenvalue weighted by atomic mass is 9.67. The monoisotopic (exact) mass is 269 g/mol. The van der Waals surface area contributed by atoms with Gasteiger partial charge in [-0.15, -0.1) is 0 Å². The van der Waals surface area contributed by atoms with Crippen LogP contribution in [0.5, 0.6) is 0 Å².